The largest absolute Gasteiger partial charge is 0.469 e. The van der Waals surface area contributed by atoms with Crippen LogP contribution in [-0.2, 0) is 9.53 Å². The van der Waals surface area contributed by atoms with Crippen molar-refractivity contribution < 1.29 is 18.7 Å². The molecule has 0 aromatic heterocycles. The first-order chi connectivity index (χ1) is 7.54. The molecule has 0 spiro atoms. The zero-order valence-corrected chi connectivity index (χ0v) is 9.38. The molecule has 0 atom stereocenters. The van der Waals surface area contributed by atoms with Gasteiger partial charge in [0.05, 0.1) is 18.6 Å². The quantitative estimate of drug-likeness (QED) is 0.604. The van der Waals surface area contributed by atoms with Crippen LogP contribution in [-0.4, -0.2) is 18.9 Å². The second-order valence-corrected chi connectivity index (χ2v) is 3.53. The minimum atomic E-state index is -0.536. The number of carbonyl (C=O) groups excluding carboxylic acids is 2. The molecule has 1 aromatic carbocycles. The molecule has 0 amide bonds. The molecule has 0 N–H and O–H groups in total. The third kappa shape index (κ3) is 3.31. The van der Waals surface area contributed by atoms with Crippen LogP contribution in [0.1, 0.15) is 23.2 Å². The molecule has 0 heterocycles. The summed E-state index contributed by atoms with van der Waals surface area (Å²) in [6.07, 6.45) is -0.0853. The lowest BCUT2D eigenvalue weighted by atomic mass is 10.1. The van der Waals surface area contributed by atoms with Gasteiger partial charge < -0.3 is 4.74 Å². The summed E-state index contributed by atoms with van der Waals surface area (Å²) >= 11 is 5.74. The minimum absolute atomic E-state index is 0.0395. The van der Waals surface area contributed by atoms with Crippen molar-refractivity contribution in [2.24, 2.45) is 0 Å². The maximum Gasteiger partial charge on any atom is 0.305 e. The van der Waals surface area contributed by atoms with Gasteiger partial charge in [-0.1, -0.05) is 11.6 Å². The van der Waals surface area contributed by atoms with Gasteiger partial charge in [-0.2, -0.15) is 0 Å². The van der Waals surface area contributed by atoms with E-state index < -0.39 is 11.8 Å². The molecule has 0 fully saturated rings. The molecule has 1 aromatic rings. The lowest BCUT2D eigenvalue weighted by Gasteiger charge is -2.03. The Morgan fingerprint density at radius 1 is 1.38 bits per heavy atom. The Bertz CT molecular complexity index is 418. The number of ether oxygens (including phenoxy) is 1. The summed E-state index contributed by atoms with van der Waals surface area (Å²) in [7, 11) is 1.24. The molecule has 0 saturated carbocycles. The van der Waals surface area contributed by atoms with Crippen LogP contribution in [0.5, 0.6) is 0 Å². The Balaban J connectivity index is 2.73. The van der Waals surface area contributed by atoms with Crippen molar-refractivity contribution in [2.75, 3.05) is 7.11 Å². The van der Waals surface area contributed by atoms with Crippen molar-refractivity contribution in [3.05, 3.63) is 34.6 Å². The van der Waals surface area contributed by atoms with Crippen molar-refractivity contribution >= 4 is 23.4 Å². The molecule has 0 unspecified atom stereocenters. The highest BCUT2D eigenvalue weighted by Crippen LogP contribution is 2.19. The average molecular weight is 245 g/mol. The topological polar surface area (TPSA) is 43.4 Å². The summed E-state index contributed by atoms with van der Waals surface area (Å²) in [5.74, 6) is -1.40. The molecule has 0 radical (unpaired) electrons. The molecule has 0 aliphatic carbocycles. The number of esters is 1. The Morgan fingerprint density at radius 2 is 2.06 bits per heavy atom. The van der Waals surface area contributed by atoms with Gasteiger partial charge in [0.2, 0.25) is 0 Å². The van der Waals surface area contributed by atoms with Gasteiger partial charge in [-0.25, -0.2) is 4.39 Å². The fourth-order valence-electron chi connectivity index (χ4n) is 1.16. The summed E-state index contributed by atoms with van der Waals surface area (Å²) in [5, 5.41) is 0.177. The van der Waals surface area contributed by atoms with Gasteiger partial charge in [0.25, 0.3) is 0 Å². The van der Waals surface area contributed by atoms with Crippen LogP contribution >= 0.6 is 11.6 Å². The summed E-state index contributed by atoms with van der Waals surface area (Å²) in [5.41, 5.74) is 0.0885. The molecule has 16 heavy (non-hydrogen) atoms. The van der Waals surface area contributed by atoms with E-state index in [1.54, 1.807) is 0 Å². The molecule has 0 saturated heterocycles. The number of methoxy groups -OCH3 is 1. The molecule has 0 aliphatic heterocycles. The number of carbonyl (C=O) groups is 2. The maximum absolute atomic E-state index is 12.9. The Labute approximate surface area is 97.2 Å². The highest BCUT2D eigenvalue weighted by atomic mass is 35.5. The van der Waals surface area contributed by atoms with Gasteiger partial charge in [0.1, 0.15) is 5.82 Å². The number of ketones is 1. The molecule has 0 bridgehead atoms. The van der Waals surface area contributed by atoms with Crippen molar-refractivity contribution in [2.45, 2.75) is 12.8 Å². The first-order valence-electron chi connectivity index (χ1n) is 4.59. The van der Waals surface area contributed by atoms with Gasteiger partial charge in [0, 0.05) is 12.0 Å². The van der Waals surface area contributed by atoms with E-state index in [2.05, 4.69) is 4.74 Å². The first-order valence-corrected chi connectivity index (χ1v) is 4.97. The average Bonchev–Trinajstić information content (AvgIpc) is 2.28. The predicted molar refractivity (Wildman–Crippen MR) is 57.0 cm³/mol. The van der Waals surface area contributed by atoms with E-state index in [1.165, 1.54) is 19.2 Å². The standard InChI is InChI=1S/C11H10ClFO3/c1-16-11(15)5-4-10(14)8-6-7(13)2-3-9(8)12/h2-3,6H,4-5H2,1H3. The van der Waals surface area contributed by atoms with Crippen LogP contribution in [0, 0.1) is 5.82 Å². The number of hydrogen-bond acceptors (Lipinski definition) is 3. The fraction of sp³-hybridized carbons (Fsp3) is 0.273. The van der Waals surface area contributed by atoms with E-state index in [-0.39, 0.29) is 29.2 Å². The molecular weight excluding hydrogens is 235 g/mol. The minimum Gasteiger partial charge on any atom is -0.469 e. The van der Waals surface area contributed by atoms with Crippen molar-refractivity contribution in [1.29, 1.82) is 0 Å². The third-order valence-corrected chi connectivity index (χ3v) is 2.34. The van der Waals surface area contributed by atoms with Gasteiger partial charge in [-0.05, 0) is 18.2 Å². The van der Waals surface area contributed by atoms with Crippen LogP contribution in [0.15, 0.2) is 18.2 Å². The number of Topliss-reactive ketones (excluding diaryl/α,β-unsaturated/α-hetero) is 1. The molecule has 0 aliphatic rings. The highest BCUT2D eigenvalue weighted by molar-refractivity contribution is 6.34. The first kappa shape index (κ1) is 12.6. The second-order valence-electron chi connectivity index (χ2n) is 3.12. The van der Waals surface area contributed by atoms with Gasteiger partial charge >= 0.3 is 5.97 Å². The van der Waals surface area contributed by atoms with Crippen LogP contribution in [0.4, 0.5) is 4.39 Å². The fourth-order valence-corrected chi connectivity index (χ4v) is 1.39. The number of hydrogen-bond donors (Lipinski definition) is 0. The Kier molecular flexibility index (Phi) is 4.43. The zero-order chi connectivity index (χ0) is 12.1. The molecule has 1 rings (SSSR count). The van der Waals surface area contributed by atoms with E-state index in [9.17, 15) is 14.0 Å². The molecular formula is C11H10ClFO3. The summed E-state index contributed by atoms with van der Waals surface area (Å²) < 4.78 is 17.3. The van der Waals surface area contributed by atoms with E-state index in [4.69, 9.17) is 11.6 Å². The highest BCUT2D eigenvalue weighted by Gasteiger charge is 2.13. The van der Waals surface area contributed by atoms with E-state index >= 15 is 0 Å². The lowest BCUT2D eigenvalue weighted by Crippen LogP contribution is -2.06. The SMILES string of the molecule is COC(=O)CCC(=O)c1cc(F)ccc1Cl. The van der Waals surface area contributed by atoms with Crippen LogP contribution in [0.2, 0.25) is 5.02 Å². The third-order valence-electron chi connectivity index (χ3n) is 2.01. The summed E-state index contributed by atoms with van der Waals surface area (Å²) in [6.45, 7) is 0. The smallest absolute Gasteiger partial charge is 0.305 e. The van der Waals surface area contributed by atoms with Crippen molar-refractivity contribution in [3.8, 4) is 0 Å². The van der Waals surface area contributed by atoms with E-state index in [1.807, 2.05) is 0 Å². The van der Waals surface area contributed by atoms with Gasteiger partial charge in [-0.15, -0.1) is 0 Å². The van der Waals surface area contributed by atoms with Crippen molar-refractivity contribution in [3.63, 3.8) is 0 Å². The maximum atomic E-state index is 12.9. The Hall–Kier alpha value is -1.42. The predicted octanol–water partition coefficient (Wildman–Crippen LogP) is 2.62. The van der Waals surface area contributed by atoms with Crippen molar-refractivity contribution in [1.82, 2.24) is 0 Å². The summed E-state index contributed by atoms with van der Waals surface area (Å²) in [6, 6.07) is 3.53. The van der Waals surface area contributed by atoms with E-state index in [0.717, 1.165) is 6.07 Å². The molecule has 5 heteroatoms. The van der Waals surface area contributed by atoms with Gasteiger partial charge in [0.15, 0.2) is 5.78 Å². The molecule has 86 valence electrons. The second kappa shape index (κ2) is 5.61. The van der Waals surface area contributed by atoms with Crippen LogP contribution in [0.25, 0.3) is 0 Å². The van der Waals surface area contributed by atoms with Crippen LogP contribution in [0.3, 0.4) is 0 Å². The number of halogens is 2. The Morgan fingerprint density at radius 3 is 2.69 bits per heavy atom. The van der Waals surface area contributed by atoms with Crippen LogP contribution < -0.4 is 0 Å². The monoisotopic (exact) mass is 244 g/mol. The van der Waals surface area contributed by atoms with E-state index in [0.29, 0.717) is 0 Å². The number of benzene rings is 1. The normalized spacial score (nSPS) is 9.94. The van der Waals surface area contributed by atoms with Gasteiger partial charge in [-0.3, -0.25) is 9.59 Å². The molecule has 3 nitrogen and oxygen atoms in total. The number of rotatable bonds is 4. The zero-order valence-electron chi connectivity index (χ0n) is 8.63. The summed E-state index contributed by atoms with van der Waals surface area (Å²) in [4.78, 5) is 22.4. The lowest BCUT2D eigenvalue weighted by molar-refractivity contribution is -0.140.